The lowest BCUT2D eigenvalue weighted by Crippen LogP contribution is -1.91. The van der Waals surface area contributed by atoms with Crippen LogP contribution in [0.3, 0.4) is 0 Å². The summed E-state index contributed by atoms with van der Waals surface area (Å²) in [6, 6.07) is 8.63. The summed E-state index contributed by atoms with van der Waals surface area (Å²) >= 11 is 0. The lowest BCUT2D eigenvalue weighted by molar-refractivity contribution is 0.0663. The van der Waals surface area contributed by atoms with Crippen LogP contribution < -0.4 is 4.74 Å². The number of aryl methyl sites for hydroxylation is 1. The highest BCUT2D eigenvalue weighted by atomic mass is 16.5. The Morgan fingerprint density at radius 2 is 2.06 bits per heavy atom. The van der Waals surface area contributed by atoms with E-state index in [9.17, 15) is 4.79 Å². The van der Waals surface area contributed by atoms with Crippen LogP contribution in [0.5, 0.6) is 5.75 Å². The molecule has 0 unspecified atom stereocenters. The van der Waals surface area contributed by atoms with Crippen molar-refractivity contribution in [3.63, 3.8) is 0 Å². The molecule has 0 amide bonds. The van der Waals surface area contributed by atoms with Crippen LogP contribution in [0.15, 0.2) is 34.7 Å². The second-order valence-electron chi connectivity index (χ2n) is 3.65. The molecule has 2 aromatic rings. The molecule has 4 heteroatoms. The van der Waals surface area contributed by atoms with Gasteiger partial charge in [-0.1, -0.05) is 0 Å². The predicted octanol–water partition coefficient (Wildman–Crippen LogP) is 2.96. The Kier molecular flexibility index (Phi) is 2.87. The number of carboxylic acid groups (broad SMARTS) is 1. The van der Waals surface area contributed by atoms with Crippen LogP contribution >= 0.6 is 0 Å². The molecule has 17 heavy (non-hydrogen) atoms. The molecule has 2 rings (SSSR count). The molecule has 1 N–H and O–H groups in total. The minimum absolute atomic E-state index is 0.0616. The summed E-state index contributed by atoms with van der Waals surface area (Å²) < 4.78 is 10.4. The normalized spacial score (nSPS) is 10.2. The minimum atomic E-state index is -1.07. The summed E-state index contributed by atoms with van der Waals surface area (Å²) in [6.45, 7) is 1.92. The van der Waals surface area contributed by atoms with Crippen molar-refractivity contribution in [2.45, 2.75) is 6.92 Å². The van der Waals surface area contributed by atoms with Gasteiger partial charge in [0.1, 0.15) is 11.5 Å². The number of carbonyl (C=O) groups is 1. The van der Waals surface area contributed by atoms with E-state index in [-0.39, 0.29) is 5.76 Å². The Morgan fingerprint density at radius 3 is 2.59 bits per heavy atom. The number of benzene rings is 1. The average molecular weight is 232 g/mol. The zero-order valence-corrected chi connectivity index (χ0v) is 9.56. The van der Waals surface area contributed by atoms with Crippen LogP contribution in [0.4, 0.5) is 0 Å². The molecule has 0 saturated carbocycles. The van der Waals surface area contributed by atoms with Crippen molar-refractivity contribution in [2.24, 2.45) is 0 Å². The Labute approximate surface area is 98.4 Å². The Balaban J connectivity index is 2.39. The second kappa shape index (κ2) is 4.33. The summed E-state index contributed by atoms with van der Waals surface area (Å²) in [6.07, 6.45) is 0. The molecule has 0 aliphatic rings. The topological polar surface area (TPSA) is 59.7 Å². The van der Waals surface area contributed by atoms with E-state index in [1.807, 2.05) is 25.1 Å². The summed E-state index contributed by atoms with van der Waals surface area (Å²) in [7, 11) is 1.61. The molecule has 4 nitrogen and oxygen atoms in total. The summed E-state index contributed by atoms with van der Waals surface area (Å²) in [5, 5.41) is 8.77. The van der Waals surface area contributed by atoms with E-state index in [0.717, 1.165) is 16.9 Å². The standard InChI is InChI=1S/C13H12O4/c1-8-7-9(3-4-10(8)16-2)11-5-6-12(17-11)13(14)15/h3-7H,1-2H3,(H,14,15). The third kappa shape index (κ3) is 2.15. The molecule has 0 saturated heterocycles. The van der Waals surface area contributed by atoms with Crippen molar-refractivity contribution >= 4 is 5.97 Å². The molecule has 0 atom stereocenters. The molecule has 88 valence electrons. The van der Waals surface area contributed by atoms with Crippen molar-refractivity contribution in [1.29, 1.82) is 0 Å². The molecule has 0 radical (unpaired) electrons. The highest BCUT2D eigenvalue weighted by molar-refractivity contribution is 5.85. The molecule has 0 spiro atoms. The molecule has 0 aliphatic heterocycles. The molecule has 0 aliphatic carbocycles. The largest absolute Gasteiger partial charge is 0.496 e. The smallest absolute Gasteiger partial charge is 0.371 e. The Hall–Kier alpha value is -2.23. The van der Waals surface area contributed by atoms with Gasteiger partial charge in [-0.05, 0) is 42.8 Å². The van der Waals surface area contributed by atoms with Gasteiger partial charge < -0.3 is 14.3 Å². The van der Waals surface area contributed by atoms with Gasteiger partial charge in [-0.3, -0.25) is 0 Å². The molecule has 0 fully saturated rings. The van der Waals surface area contributed by atoms with E-state index >= 15 is 0 Å². The first-order valence-corrected chi connectivity index (χ1v) is 5.10. The third-order valence-electron chi connectivity index (χ3n) is 2.50. The molecule has 1 aromatic carbocycles. The number of carboxylic acids is 1. The van der Waals surface area contributed by atoms with Crippen molar-refractivity contribution in [2.75, 3.05) is 7.11 Å². The first-order chi connectivity index (χ1) is 8.11. The van der Waals surface area contributed by atoms with Crippen molar-refractivity contribution in [1.82, 2.24) is 0 Å². The number of rotatable bonds is 3. The number of aromatic carboxylic acids is 1. The van der Waals surface area contributed by atoms with E-state index in [1.54, 1.807) is 13.2 Å². The molecule has 0 bridgehead atoms. The minimum Gasteiger partial charge on any atom is -0.496 e. The van der Waals surface area contributed by atoms with Gasteiger partial charge in [0.05, 0.1) is 7.11 Å². The summed E-state index contributed by atoms with van der Waals surface area (Å²) in [5.74, 6) is 0.196. The monoisotopic (exact) mass is 232 g/mol. The third-order valence-corrected chi connectivity index (χ3v) is 2.50. The maximum absolute atomic E-state index is 10.7. The van der Waals surface area contributed by atoms with E-state index in [1.165, 1.54) is 6.07 Å². The van der Waals surface area contributed by atoms with Gasteiger partial charge in [0.25, 0.3) is 0 Å². The second-order valence-corrected chi connectivity index (χ2v) is 3.65. The lowest BCUT2D eigenvalue weighted by atomic mass is 10.1. The van der Waals surface area contributed by atoms with Gasteiger partial charge in [0.15, 0.2) is 0 Å². The molecular weight excluding hydrogens is 220 g/mol. The quantitative estimate of drug-likeness (QED) is 0.883. The van der Waals surface area contributed by atoms with Crippen molar-refractivity contribution in [3.05, 3.63) is 41.7 Å². The number of hydrogen-bond donors (Lipinski definition) is 1. The van der Waals surface area contributed by atoms with Gasteiger partial charge in [-0.25, -0.2) is 4.79 Å². The van der Waals surface area contributed by atoms with E-state index < -0.39 is 5.97 Å². The van der Waals surface area contributed by atoms with E-state index in [4.69, 9.17) is 14.3 Å². The Bertz CT molecular complexity index is 554. The highest BCUT2D eigenvalue weighted by Gasteiger charge is 2.11. The van der Waals surface area contributed by atoms with Crippen LogP contribution in [-0.2, 0) is 0 Å². The number of ether oxygens (including phenoxy) is 1. The van der Waals surface area contributed by atoms with E-state index in [2.05, 4.69) is 0 Å². The summed E-state index contributed by atoms with van der Waals surface area (Å²) in [4.78, 5) is 10.7. The highest BCUT2D eigenvalue weighted by Crippen LogP contribution is 2.27. The van der Waals surface area contributed by atoms with Crippen molar-refractivity contribution < 1.29 is 19.1 Å². The maximum Gasteiger partial charge on any atom is 0.371 e. The van der Waals surface area contributed by atoms with Crippen LogP contribution in [0.1, 0.15) is 16.1 Å². The maximum atomic E-state index is 10.7. The number of hydrogen-bond acceptors (Lipinski definition) is 3. The van der Waals surface area contributed by atoms with Crippen molar-refractivity contribution in [3.8, 4) is 17.1 Å². The number of methoxy groups -OCH3 is 1. The van der Waals surface area contributed by atoms with Gasteiger partial charge in [0.2, 0.25) is 5.76 Å². The first-order valence-electron chi connectivity index (χ1n) is 5.10. The van der Waals surface area contributed by atoms with E-state index in [0.29, 0.717) is 5.76 Å². The molecule has 1 heterocycles. The molecule has 1 aromatic heterocycles. The fourth-order valence-electron chi connectivity index (χ4n) is 1.64. The average Bonchev–Trinajstić information content (AvgIpc) is 2.78. The zero-order valence-electron chi connectivity index (χ0n) is 9.56. The van der Waals surface area contributed by atoms with Gasteiger partial charge in [0, 0.05) is 5.56 Å². The summed E-state index contributed by atoms with van der Waals surface area (Å²) in [5.41, 5.74) is 1.80. The fraction of sp³-hybridized carbons (Fsp3) is 0.154. The Morgan fingerprint density at radius 1 is 1.29 bits per heavy atom. The van der Waals surface area contributed by atoms with Crippen LogP contribution in [0, 0.1) is 6.92 Å². The van der Waals surface area contributed by atoms with Gasteiger partial charge in [-0.2, -0.15) is 0 Å². The lowest BCUT2D eigenvalue weighted by Gasteiger charge is -2.05. The molecular formula is C13H12O4. The van der Waals surface area contributed by atoms with Crippen LogP contribution in [0.2, 0.25) is 0 Å². The van der Waals surface area contributed by atoms with Crippen LogP contribution in [0.25, 0.3) is 11.3 Å². The first kappa shape index (κ1) is 11.3. The number of furan rings is 1. The van der Waals surface area contributed by atoms with Crippen LogP contribution in [-0.4, -0.2) is 18.2 Å². The zero-order chi connectivity index (χ0) is 12.4. The van der Waals surface area contributed by atoms with Gasteiger partial charge in [-0.15, -0.1) is 0 Å². The van der Waals surface area contributed by atoms with Gasteiger partial charge >= 0.3 is 5.97 Å². The fourth-order valence-corrected chi connectivity index (χ4v) is 1.64. The SMILES string of the molecule is COc1ccc(-c2ccc(C(=O)O)o2)cc1C. The predicted molar refractivity (Wildman–Crippen MR) is 62.4 cm³/mol.